The SMILES string of the molecule is CCC1OC(=O)C(C)C(OC2CC(C)(OC)C(O)C(C)O2)C(C)C(OC2OC(C)CC(N(C)C)C2O)C(C)(O)CC(C)CN(CCCNC(=NCC(=O)O)N(CCC(C)C)C(=O)C(Cc2ccccc2)NC(=O)CNC(=O)C(C)C2=CC(C(=O)c3ccccc3)CC=C2)C(C)C(O)C1(C)O. The predicted molar refractivity (Wildman–Crippen MR) is 377 cm³/mol. The Morgan fingerprint density at radius 3 is 2.15 bits per heavy atom. The zero-order valence-electron chi connectivity index (χ0n) is 61.7. The van der Waals surface area contributed by atoms with Crippen LogP contribution in [0.2, 0.25) is 0 Å². The van der Waals surface area contributed by atoms with Gasteiger partial charge in [0, 0.05) is 75.6 Å². The van der Waals surface area contributed by atoms with Gasteiger partial charge >= 0.3 is 11.9 Å². The molecule has 6 rings (SSSR count). The topological polar surface area (TPSA) is 337 Å². The molecule has 0 radical (unpaired) electrons. The summed E-state index contributed by atoms with van der Waals surface area (Å²) >= 11 is 0. The van der Waals surface area contributed by atoms with Crippen molar-refractivity contribution in [2.45, 2.75) is 238 Å². The van der Waals surface area contributed by atoms with Crippen LogP contribution in [0.3, 0.4) is 0 Å². The first-order valence-corrected chi connectivity index (χ1v) is 35.7. The predicted octanol–water partition coefficient (Wildman–Crippen LogP) is 5.43. The normalized spacial score (nSPS) is 33.5. The van der Waals surface area contributed by atoms with E-state index in [1.165, 1.54) is 18.9 Å². The first-order valence-electron chi connectivity index (χ1n) is 35.7. The number of hydrogen-bond donors (Lipinski definition) is 9. The molecule has 0 bridgehead atoms. The second-order valence-electron chi connectivity index (χ2n) is 29.6. The molecule has 0 spiro atoms. The monoisotopic (exact) mass is 1400 g/mol. The van der Waals surface area contributed by atoms with E-state index < -0.39 is 163 Å². The van der Waals surface area contributed by atoms with Crippen molar-refractivity contribution in [3.63, 3.8) is 0 Å². The van der Waals surface area contributed by atoms with Gasteiger partial charge in [-0.15, -0.1) is 0 Å². The first-order chi connectivity index (χ1) is 47.0. The average molecular weight is 1400 g/mol. The number of carboxylic acids is 1. The van der Waals surface area contributed by atoms with E-state index in [-0.39, 0.29) is 82.0 Å². The summed E-state index contributed by atoms with van der Waals surface area (Å²) < 4.78 is 38.5. The van der Waals surface area contributed by atoms with Gasteiger partial charge in [-0.25, -0.2) is 4.99 Å². The number of rotatable bonds is 26. The van der Waals surface area contributed by atoms with E-state index in [9.17, 15) is 54.6 Å². The molecule has 3 fully saturated rings. The number of cyclic esters (lactones) is 1. The van der Waals surface area contributed by atoms with E-state index in [0.717, 1.165) is 0 Å². The number of guanidine groups is 1. The lowest BCUT2D eigenvalue weighted by Crippen LogP contribution is -2.60. The number of amides is 3. The third-order valence-electron chi connectivity index (χ3n) is 20.5. The van der Waals surface area contributed by atoms with Gasteiger partial charge in [0.2, 0.25) is 17.8 Å². The zero-order valence-corrected chi connectivity index (χ0v) is 61.7. The number of aliphatic imine (C=N–C) groups is 1. The van der Waals surface area contributed by atoms with Crippen LogP contribution in [0.5, 0.6) is 0 Å². The van der Waals surface area contributed by atoms with Crippen LogP contribution in [0, 0.1) is 35.5 Å². The highest BCUT2D eigenvalue weighted by Gasteiger charge is 2.53. The number of likely N-dealkylation sites (N-methyl/N-ethyl adjacent to an activating group) is 1. The van der Waals surface area contributed by atoms with E-state index in [1.54, 1.807) is 116 Å². The minimum absolute atomic E-state index is 0.0112. The lowest BCUT2D eigenvalue weighted by molar-refractivity contribution is -0.318. The summed E-state index contributed by atoms with van der Waals surface area (Å²) in [6.45, 7) is 22.0. The summed E-state index contributed by atoms with van der Waals surface area (Å²) in [5.41, 5.74) is -3.12. The van der Waals surface area contributed by atoms with E-state index in [1.807, 2.05) is 69.8 Å². The summed E-state index contributed by atoms with van der Waals surface area (Å²) in [5.74, 6) is -7.64. The number of aliphatic carboxylic acids is 1. The fourth-order valence-corrected chi connectivity index (χ4v) is 14.4. The van der Waals surface area contributed by atoms with Crippen molar-refractivity contribution in [2.75, 3.05) is 60.5 Å². The Balaban J connectivity index is 1.29. The Morgan fingerprint density at radius 1 is 0.870 bits per heavy atom. The smallest absolute Gasteiger partial charge is 0.325 e. The number of carbonyl (C=O) groups is 6. The van der Waals surface area contributed by atoms with Gasteiger partial charge in [-0.3, -0.25) is 38.6 Å². The number of hydrogen-bond acceptors (Lipinski definition) is 20. The van der Waals surface area contributed by atoms with E-state index in [0.29, 0.717) is 36.0 Å². The highest BCUT2D eigenvalue weighted by Crippen LogP contribution is 2.41. The van der Waals surface area contributed by atoms with Crippen LogP contribution < -0.4 is 16.0 Å². The highest BCUT2D eigenvalue weighted by atomic mass is 16.7. The summed E-state index contributed by atoms with van der Waals surface area (Å²) in [4.78, 5) is 93.3. The number of nitrogens with one attached hydrogen (secondary N) is 3. The van der Waals surface area contributed by atoms with Gasteiger partial charge < -0.3 is 79.9 Å². The van der Waals surface area contributed by atoms with Gasteiger partial charge in [0.15, 0.2) is 18.4 Å². The molecule has 3 heterocycles. The number of ether oxygens (including phenoxy) is 6. The highest BCUT2D eigenvalue weighted by molar-refractivity contribution is 6.02. The second kappa shape index (κ2) is 37.4. The molecule has 560 valence electrons. The number of allylic oxidation sites excluding steroid dienone is 3. The molecule has 1 aliphatic carbocycles. The molecule has 3 aliphatic heterocycles. The van der Waals surface area contributed by atoms with Crippen molar-refractivity contribution in [1.82, 2.24) is 30.7 Å². The maximum absolute atomic E-state index is 15.3. The van der Waals surface area contributed by atoms with Crippen molar-refractivity contribution in [2.24, 2.45) is 40.5 Å². The molecule has 3 amide bonds. The lowest BCUT2D eigenvalue weighted by Gasteiger charge is -2.48. The number of methoxy groups -OCH3 is 1. The van der Waals surface area contributed by atoms with Crippen molar-refractivity contribution < 1.29 is 87.8 Å². The molecule has 2 aromatic rings. The standard InChI is InChI=1S/C75H117N7O18/c1-17-58-75(13,94)65(88)50(9)81(43-45(4)39-73(11,93)67(100-71-63(87)57(80(14)15)36-46(5)96-71)48(7)64(49(8)70(92)98-58)99-61-40-74(12,95-16)66(89)51(10)97-61)34-25-33-76-72(78-42-60(84)85)82(35-32-44(2)3)69(91)56(37-52-26-20-18-21-27-52)79-59(83)41-77-68(90)47(6)54-30-24-31-55(38-54)62(86)53-28-22-19-23-29-53/h18-24,26-30,38,44-51,55-58,61,63-67,71,87-89,93-94H,17,25,31-37,39-43H2,1-16H3,(H,76,78)(H,77,90)(H,79,83)(H,84,85). The van der Waals surface area contributed by atoms with Gasteiger partial charge in [0.25, 0.3) is 5.91 Å². The number of Topliss-reactive ketones (excluding diaryl/α,β-unsaturated/α-hetero) is 1. The van der Waals surface area contributed by atoms with Gasteiger partial charge in [-0.1, -0.05) is 114 Å². The third-order valence-corrected chi connectivity index (χ3v) is 20.5. The average Bonchev–Trinajstić information content (AvgIpc) is 1.12. The second-order valence-corrected chi connectivity index (χ2v) is 29.6. The molecule has 0 aromatic heterocycles. The largest absolute Gasteiger partial charge is 0.480 e. The summed E-state index contributed by atoms with van der Waals surface area (Å²) in [5, 5.41) is 80.3. The van der Waals surface area contributed by atoms with Crippen LogP contribution in [-0.2, 0) is 58.8 Å². The van der Waals surface area contributed by atoms with E-state index in [2.05, 4.69) is 20.9 Å². The van der Waals surface area contributed by atoms with Crippen LogP contribution in [0.25, 0.3) is 0 Å². The molecule has 21 atom stereocenters. The minimum atomic E-state index is -2.07. The number of esters is 1. The quantitative estimate of drug-likeness (QED) is 0.0186. The molecule has 0 saturated carbocycles. The maximum atomic E-state index is 15.3. The molecule has 21 unspecified atom stereocenters. The molecule has 25 nitrogen and oxygen atoms in total. The third kappa shape index (κ3) is 22.2. The Labute approximate surface area is 591 Å². The van der Waals surface area contributed by atoms with Crippen LogP contribution in [-0.4, -0.2) is 244 Å². The minimum Gasteiger partial charge on any atom is -0.480 e. The molecular weight excluding hydrogens is 1290 g/mol. The van der Waals surface area contributed by atoms with E-state index >= 15 is 4.79 Å². The van der Waals surface area contributed by atoms with Gasteiger partial charge in [0.05, 0.1) is 54.0 Å². The zero-order chi connectivity index (χ0) is 74.1. The fraction of sp³-hybridized carbons (Fsp3) is 0.693. The Kier molecular flexibility index (Phi) is 31.0. The number of ketones is 1. The van der Waals surface area contributed by atoms with Crippen LogP contribution in [0.4, 0.5) is 0 Å². The number of aliphatic hydroxyl groups excluding tert-OH is 3. The Hall–Kier alpha value is -6.07. The number of benzene rings is 2. The van der Waals surface area contributed by atoms with Crippen LogP contribution >= 0.6 is 0 Å². The van der Waals surface area contributed by atoms with Crippen molar-refractivity contribution >= 4 is 41.4 Å². The number of carboxylic acid groups (broad SMARTS) is 1. The maximum Gasteiger partial charge on any atom is 0.325 e. The van der Waals surface area contributed by atoms with Gasteiger partial charge in [-0.05, 0) is 131 Å². The molecule has 9 N–H and O–H groups in total. The van der Waals surface area contributed by atoms with Crippen molar-refractivity contribution in [1.29, 1.82) is 0 Å². The van der Waals surface area contributed by atoms with Crippen LogP contribution in [0.15, 0.2) is 89.5 Å². The summed E-state index contributed by atoms with van der Waals surface area (Å²) in [6.07, 6.45) is -3.69. The van der Waals surface area contributed by atoms with Gasteiger partial charge in [-0.2, -0.15) is 0 Å². The molecular formula is C75H117N7O18. The fourth-order valence-electron chi connectivity index (χ4n) is 14.4. The van der Waals surface area contributed by atoms with Crippen molar-refractivity contribution in [3.8, 4) is 0 Å². The molecule has 3 saturated heterocycles. The van der Waals surface area contributed by atoms with Crippen molar-refractivity contribution in [3.05, 3.63) is 95.6 Å². The van der Waals surface area contributed by atoms with E-state index in [4.69, 9.17) is 28.4 Å². The van der Waals surface area contributed by atoms with Crippen LogP contribution in [0.1, 0.15) is 151 Å². The summed E-state index contributed by atoms with van der Waals surface area (Å²) in [7, 11) is 5.17. The first kappa shape index (κ1) is 82.9. The molecule has 4 aliphatic rings. The number of aliphatic hydroxyl groups is 5. The Morgan fingerprint density at radius 2 is 1.53 bits per heavy atom. The molecule has 2 aromatic carbocycles. The lowest BCUT2D eigenvalue weighted by atomic mass is 9.77. The molecule has 25 heteroatoms. The number of nitrogens with zero attached hydrogens (tertiary/aromatic N) is 4. The molecule has 100 heavy (non-hydrogen) atoms. The Bertz CT molecular complexity index is 3080. The van der Waals surface area contributed by atoms with Gasteiger partial charge in [0.1, 0.15) is 42.6 Å². The summed E-state index contributed by atoms with van der Waals surface area (Å²) in [6, 6.07) is 15.4. The number of carbonyl (C=O) groups excluding carboxylic acids is 5.